The van der Waals surface area contributed by atoms with Gasteiger partial charge in [0.1, 0.15) is 0 Å². The van der Waals surface area contributed by atoms with E-state index < -0.39 is 4.92 Å². The van der Waals surface area contributed by atoms with Crippen molar-refractivity contribution in [2.24, 2.45) is 0 Å². The van der Waals surface area contributed by atoms with Gasteiger partial charge in [0.05, 0.1) is 24.2 Å². The van der Waals surface area contributed by atoms with E-state index >= 15 is 0 Å². The molecule has 0 bridgehead atoms. The van der Waals surface area contributed by atoms with Crippen LogP contribution in [0.5, 0.6) is 0 Å². The molecule has 1 aromatic rings. The SMILES string of the molecule is Nc1nc(N2CCOCC2)nc(NC[C@H]2CCCO2)c1[N+](=O)[O-]. The zero-order valence-corrected chi connectivity index (χ0v) is 12.7. The second-order valence-corrected chi connectivity index (χ2v) is 5.48. The minimum absolute atomic E-state index is 0.0395. The Labute approximate surface area is 133 Å². The standard InChI is InChI=1S/C13H20N6O4/c14-11-10(19(20)21)12(15-8-9-2-1-5-23-9)17-13(16-11)18-3-6-22-7-4-18/h9H,1-8H2,(H3,14,15,16,17)/t9-/m1/s1. The van der Waals surface area contributed by atoms with Crippen LogP contribution in [0.25, 0.3) is 0 Å². The molecule has 0 radical (unpaired) electrons. The van der Waals surface area contributed by atoms with E-state index in [0.29, 0.717) is 38.8 Å². The lowest BCUT2D eigenvalue weighted by atomic mass is 10.2. The number of nitrogens with zero attached hydrogens (tertiary/aromatic N) is 4. The van der Waals surface area contributed by atoms with Gasteiger partial charge in [-0.3, -0.25) is 10.1 Å². The summed E-state index contributed by atoms with van der Waals surface area (Å²) in [5.74, 6) is 0.382. The van der Waals surface area contributed by atoms with Gasteiger partial charge in [-0.25, -0.2) is 0 Å². The van der Waals surface area contributed by atoms with Crippen LogP contribution in [0.2, 0.25) is 0 Å². The lowest BCUT2D eigenvalue weighted by Crippen LogP contribution is -2.37. The summed E-state index contributed by atoms with van der Waals surface area (Å²) in [6, 6.07) is 0. The molecule has 1 aromatic heterocycles. The fraction of sp³-hybridized carbons (Fsp3) is 0.692. The number of rotatable bonds is 5. The topological polar surface area (TPSA) is 129 Å². The number of hydrogen-bond acceptors (Lipinski definition) is 9. The number of nitrogens with one attached hydrogen (secondary N) is 1. The van der Waals surface area contributed by atoms with Crippen molar-refractivity contribution in [1.82, 2.24) is 9.97 Å². The van der Waals surface area contributed by atoms with Crippen molar-refractivity contribution in [3.8, 4) is 0 Å². The average Bonchev–Trinajstić information content (AvgIpc) is 3.06. The number of ether oxygens (including phenoxy) is 2. The molecular formula is C13H20N6O4. The van der Waals surface area contributed by atoms with Crippen LogP contribution < -0.4 is 16.0 Å². The van der Waals surface area contributed by atoms with Gasteiger partial charge in [0.25, 0.3) is 0 Å². The summed E-state index contributed by atoms with van der Waals surface area (Å²) in [7, 11) is 0. The van der Waals surface area contributed by atoms with Crippen LogP contribution >= 0.6 is 0 Å². The molecule has 0 saturated carbocycles. The van der Waals surface area contributed by atoms with E-state index in [1.54, 1.807) is 0 Å². The fourth-order valence-corrected chi connectivity index (χ4v) is 2.68. The minimum Gasteiger partial charge on any atom is -0.378 e. The molecule has 2 fully saturated rings. The van der Waals surface area contributed by atoms with Crippen LogP contribution in [0.15, 0.2) is 0 Å². The average molecular weight is 324 g/mol. The molecule has 2 aliphatic heterocycles. The molecular weight excluding hydrogens is 304 g/mol. The van der Waals surface area contributed by atoms with E-state index in [0.717, 1.165) is 19.4 Å². The highest BCUT2D eigenvalue weighted by atomic mass is 16.6. The van der Waals surface area contributed by atoms with Gasteiger partial charge in [-0.15, -0.1) is 0 Å². The number of morpholine rings is 1. The zero-order valence-electron chi connectivity index (χ0n) is 12.7. The molecule has 1 atom stereocenters. The normalized spacial score (nSPS) is 21.4. The summed E-state index contributed by atoms with van der Waals surface area (Å²) in [4.78, 5) is 21.0. The predicted octanol–water partition coefficient (Wildman–Crippen LogP) is 0.394. The largest absolute Gasteiger partial charge is 0.378 e. The number of nitrogen functional groups attached to an aromatic ring is 1. The molecule has 0 spiro atoms. The molecule has 0 aliphatic carbocycles. The Kier molecular flexibility index (Phi) is 4.72. The smallest absolute Gasteiger partial charge is 0.353 e. The number of anilines is 3. The van der Waals surface area contributed by atoms with Crippen molar-refractivity contribution in [3.63, 3.8) is 0 Å². The van der Waals surface area contributed by atoms with E-state index in [4.69, 9.17) is 15.2 Å². The predicted molar refractivity (Wildman–Crippen MR) is 83.6 cm³/mol. The molecule has 3 rings (SSSR count). The fourth-order valence-electron chi connectivity index (χ4n) is 2.68. The minimum atomic E-state index is -0.559. The lowest BCUT2D eigenvalue weighted by Gasteiger charge is -2.27. The van der Waals surface area contributed by atoms with Gasteiger partial charge in [0.15, 0.2) is 0 Å². The number of nitro groups is 1. The van der Waals surface area contributed by atoms with Gasteiger partial charge in [-0.05, 0) is 12.8 Å². The summed E-state index contributed by atoms with van der Waals surface area (Å²) in [6.07, 6.45) is 1.97. The first-order valence-electron chi connectivity index (χ1n) is 7.65. The van der Waals surface area contributed by atoms with Gasteiger partial charge < -0.3 is 25.4 Å². The van der Waals surface area contributed by atoms with Crippen molar-refractivity contribution in [2.75, 3.05) is 55.4 Å². The maximum absolute atomic E-state index is 11.3. The number of hydrogen-bond donors (Lipinski definition) is 2. The Morgan fingerprint density at radius 3 is 2.78 bits per heavy atom. The quantitative estimate of drug-likeness (QED) is 0.583. The summed E-state index contributed by atoms with van der Waals surface area (Å²) in [5.41, 5.74) is 5.50. The van der Waals surface area contributed by atoms with Gasteiger partial charge in [-0.2, -0.15) is 9.97 Å². The van der Waals surface area contributed by atoms with Gasteiger partial charge in [0.2, 0.25) is 17.6 Å². The summed E-state index contributed by atoms with van der Waals surface area (Å²) < 4.78 is 10.8. The molecule has 2 aliphatic rings. The van der Waals surface area contributed by atoms with Crippen molar-refractivity contribution >= 4 is 23.3 Å². The second-order valence-electron chi connectivity index (χ2n) is 5.48. The molecule has 3 heterocycles. The van der Waals surface area contributed by atoms with Crippen LogP contribution in [0.1, 0.15) is 12.8 Å². The van der Waals surface area contributed by atoms with Crippen LogP contribution in [-0.4, -0.2) is 60.5 Å². The van der Waals surface area contributed by atoms with Crippen LogP contribution in [0, 0.1) is 10.1 Å². The van der Waals surface area contributed by atoms with Gasteiger partial charge in [-0.1, -0.05) is 0 Å². The summed E-state index contributed by atoms with van der Waals surface area (Å²) in [5, 5.41) is 14.3. The Hall–Kier alpha value is -2.20. The molecule has 2 saturated heterocycles. The van der Waals surface area contributed by atoms with Gasteiger partial charge >= 0.3 is 5.69 Å². The van der Waals surface area contributed by atoms with Crippen molar-refractivity contribution in [3.05, 3.63) is 10.1 Å². The third-order valence-electron chi connectivity index (χ3n) is 3.90. The molecule has 3 N–H and O–H groups in total. The first-order valence-corrected chi connectivity index (χ1v) is 7.65. The molecule has 0 amide bonds. The summed E-state index contributed by atoms with van der Waals surface area (Å²) in [6.45, 7) is 3.57. The van der Waals surface area contributed by atoms with Gasteiger partial charge in [0, 0.05) is 26.2 Å². The molecule has 0 aromatic carbocycles. The number of aromatic nitrogens is 2. The van der Waals surface area contributed by atoms with Crippen molar-refractivity contribution < 1.29 is 14.4 Å². The van der Waals surface area contributed by atoms with E-state index in [2.05, 4.69) is 15.3 Å². The second kappa shape index (κ2) is 6.92. The molecule has 10 heteroatoms. The Morgan fingerprint density at radius 1 is 1.35 bits per heavy atom. The monoisotopic (exact) mass is 324 g/mol. The van der Waals surface area contributed by atoms with Crippen LogP contribution in [0.3, 0.4) is 0 Å². The van der Waals surface area contributed by atoms with E-state index in [9.17, 15) is 10.1 Å². The zero-order chi connectivity index (χ0) is 16.2. The first kappa shape index (κ1) is 15.7. The Bertz CT molecular complexity index is 572. The lowest BCUT2D eigenvalue weighted by molar-refractivity contribution is -0.383. The molecule has 0 unspecified atom stereocenters. The maximum atomic E-state index is 11.3. The first-order chi connectivity index (χ1) is 11.1. The maximum Gasteiger partial charge on any atom is 0.353 e. The Morgan fingerprint density at radius 2 is 2.13 bits per heavy atom. The van der Waals surface area contributed by atoms with E-state index in [-0.39, 0.29) is 23.4 Å². The van der Waals surface area contributed by atoms with Crippen LogP contribution in [0.4, 0.5) is 23.3 Å². The molecule has 126 valence electrons. The van der Waals surface area contributed by atoms with Crippen LogP contribution in [-0.2, 0) is 9.47 Å². The van der Waals surface area contributed by atoms with Crippen molar-refractivity contribution in [1.29, 1.82) is 0 Å². The highest BCUT2D eigenvalue weighted by Crippen LogP contribution is 2.30. The molecule has 23 heavy (non-hydrogen) atoms. The summed E-state index contributed by atoms with van der Waals surface area (Å²) >= 11 is 0. The van der Waals surface area contributed by atoms with Crippen molar-refractivity contribution in [2.45, 2.75) is 18.9 Å². The third kappa shape index (κ3) is 3.59. The van der Waals surface area contributed by atoms with E-state index in [1.165, 1.54) is 0 Å². The third-order valence-corrected chi connectivity index (χ3v) is 3.90. The number of nitrogens with two attached hydrogens (primary N) is 1. The molecule has 10 nitrogen and oxygen atoms in total. The highest BCUT2D eigenvalue weighted by molar-refractivity contribution is 5.70. The van der Waals surface area contributed by atoms with E-state index in [1.807, 2.05) is 4.90 Å². The highest BCUT2D eigenvalue weighted by Gasteiger charge is 2.26. The Balaban J connectivity index is 1.83.